The van der Waals surface area contributed by atoms with Crippen LogP contribution in [0.1, 0.15) is 49.6 Å². The highest BCUT2D eigenvalue weighted by Gasteiger charge is 2.35. The molecule has 2 atom stereocenters. The number of nitrogens with one attached hydrogen (secondary N) is 1. The summed E-state index contributed by atoms with van der Waals surface area (Å²) >= 11 is 0. The van der Waals surface area contributed by atoms with Crippen LogP contribution in [0.5, 0.6) is 0 Å². The Morgan fingerprint density at radius 2 is 2.08 bits per heavy atom. The molecule has 0 spiro atoms. The van der Waals surface area contributed by atoms with Crippen LogP contribution < -0.4 is 5.32 Å². The fourth-order valence-corrected chi connectivity index (χ4v) is 4.32. The first-order chi connectivity index (χ1) is 12.0. The second kappa shape index (κ2) is 7.87. The summed E-state index contributed by atoms with van der Waals surface area (Å²) in [5, 5.41) is 7.69. The third-order valence-corrected chi connectivity index (χ3v) is 5.82. The van der Waals surface area contributed by atoms with Crippen molar-refractivity contribution in [2.24, 2.45) is 7.05 Å². The largest absolute Gasteiger partial charge is 0.378 e. The van der Waals surface area contributed by atoms with Crippen molar-refractivity contribution in [3.05, 3.63) is 17.0 Å². The molecule has 1 aromatic heterocycles. The van der Waals surface area contributed by atoms with E-state index in [1.165, 1.54) is 36.9 Å². The summed E-state index contributed by atoms with van der Waals surface area (Å²) in [5.74, 6) is 0.110. The van der Waals surface area contributed by atoms with Gasteiger partial charge in [-0.2, -0.15) is 5.10 Å². The second-order valence-electron chi connectivity index (χ2n) is 7.65. The van der Waals surface area contributed by atoms with Gasteiger partial charge in [-0.3, -0.25) is 14.4 Å². The van der Waals surface area contributed by atoms with Crippen LogP contribution in [0.25, 0.3) is 0 Å². The van der Waals surface area contributed by atoms with Gasteiger partial charge in [0.15, 0.2) is 0 Å². The van der Waals surface area contributed by atoms with Crippen molar-refractivity contribution < 1.29 is 9.53 Å². The molecule has 1 N–H and O–H groups in total. The topological polar surface area (TPSA) is 59.4 Å². The molecule has 0 radical (unpaired) electrons. The number of carbonyl (C=O) groups excluding carboxylic acids is 1. The summed E-state index contributed by atoms with van der Waals surface area (Å²) in [6.07, 6.45) is 5.81. The van der Waals surface area contributed by atoms with Crippen LogP contribution >= 0.6 is 0 Å². The maximum Gasteiger partial charge on any atom is 0.239 e. The maximum absolute atomic E-state index is 12.9. The predicted octanol–water partition coefficient (Wildman–Crippen LogP) is 1.73. The third kappa shape index (κ3) is 4.06. The minimum Gasteiger partial charge on any atom is -0.378 e. The van der Waals surface area contributed by atoms with Gasteiger partial charge in [-0.05, 0) is 45.6 Å². The zero-order chi connectivity index (χ0) is 18.0. The van der Waals surface area contributed by atoms with E-state index >= 15 is 0 Å². The molecule has 3 rings (SSSR count). The molecule has 1 amide bonds. The number of carbonyl (C=O) groups is 1. The standard InChI is InChI=1S/C19H32N4O2/c1-13(11-17-14(2)21-22(4)15(17)3)20-19(24)18-12-25-10-9-23(18)16-7-5-6-8-16/h13,16,18H,5-12H2,1-4H3,(H,20,24)/t13-,18-/m1/s1. The summed E-state index contributed by atoms with van der Waals surface area (Å²) in [5.41, 5.74) is 3.46. The van der Waals surface area contributed by atoms with E-state index in [1.807, 2.05) is 18.7 Å². The highest BCUT2D eigenvalue weighted by molar-refractivity contribution is 5.82. The van der Waals surface area contributed by atoms with Gasteiger partial charge in [0.05, 0.1) is 18.9 Å². The number of rotatable bonds is 5. The van der Waals surface area contributed by atoms with Gasteiger partial charge in [-0.1, -0.05) is 12.8 Å². The van der Waals surface area contributed by atoms with E-state index in [9.17, 15) is 4.79 Å². The molecule has 0 bridgehead atoms. The van der Waals surface area contributed by atoms with Gasteiger partial charge in [0, 0.05) is 31.4 Å². The molecular weight excluding hydrogens is 316 g/mol. The number of hydrogen-bond acceptors (Lipinski definition) is 4. The number of ether oxygens (including phenoxy) is 1. The van der Waals surface area contributed by atoms with Crippen LogP contribution in [0.4, 0.5) is 0 Å². The van der Waals surface area contributed by atoms with Gasteiger partial charge < -0.3 is 10.1 Å². The first kappa shape index (κ1) is 18.4. The monoisotopic (exact) mass is 348 g/mol. The van der Waals surface area contributed by atoms with Crippen molar-refractivity contribution in [2.45, 2.75) is 71.0 Å². The number of hydrogen-bond donors (Lipinski definition) is 1. The summed E-state index contributed by atoms with van der Waals surface area (Å²) in [6.45, 7) is 8.32. The number of aryl methyl sites for hydroxylation is 2. The van der Waals surface area contributed by atoms with Crippen molar-refractivity contribution in [3.8, 4) is 0 Å². The summed E-state index contributed by atoms with van der Waals surface area (Å²) in [7, 11) is 1.97. The fourth-order valence-electron chi connectivity index (χ4n) is 4.32. The Bertz CT molecular complexity index is 607. The normalized spacial score (nSPS) is 23.8. The molecule has 2 fully saturated rings. The number of nitrogens with zero attached hydrogens (tertiary/aromatic N) is 3. The lowest BCUT2D eigenvalue weighted by Gasteiger charge is -2.39. The molecule has 1 aliphatic heterocycles. The minimum atomic E-state index is -0.143. The van der Waals surface area contributed by atoms with E-state index in [-0.39, 0.29) is 18.0 Å². The predicted molar refractivity (Wildman–Crippen MR) is 97.6 cm³/mol. The Morgan fingerprint density at radius 3 is 2.72 bits per heavy atom. The number of aromatic nitrogens is 2. The summed E-state index contributed by atoms with van der Waals surface area (Å²) < 4.78 is 7.53. The van der Waals surface area contributed by atoms with Crippen molar-refractivity contribution in [1.82, 2.24) is 20.0 Å². The van der Waals surface area contributed by atoms with Gasteiger partial charge in [0.2, 0.25) is 5.91 Å². The second-order valence-corrected chi connectivity index (χ2v) is 7.65. The molecular formula is C19H32N4O2. The van der Waals surface area contributed by atoms with Crippen molar-refractivity contribution in [2.75, 3.05) is 19.8 Å². The van der Waals surface area contributed by atoms with E-state index in [0.717, 1.165) is 25.3 Å². The van der Waals surface area contributed by atoms with Gasteiger partial charge >= 0.3 is 0 Å². The molecule has 1 saturated carbocycles. The highest BCUT2D eigenvalue weighted by atomic mass is 16.5. The molecule has 1 saturated heterocycles. The van der Waals surface area contributed by atoms with E-state index in [0.29, 0.717) is 12.6 Å². The minimum absolute atomic E-state index is 0.0847. The summed E-state index contributed by atoms with van der Waals surface area (Å²) in [4.78, 5) is 15.3. The van der Waals surface area contributed by atoms with Gasteiger partial charge in [-0.25, -0.2) is 0 Å². The van der Waals surface area contributed by atoms with Crippen LogP contribution in [0.3, 0.4) is 0 Å². The van der Waals surface area contributed by atoms with Gasteiger partial charge in [0.1, 0.15) is 6.04 Å². The first-order valence-electron chi connectivity index (χ1n) is 9.60. The number of morpholine rings is 1. The van der Waals surface area contributed by atoms with Crippen molar-refractivity contribution >= 4 is 5.91 Å². The van der Waals surface area contributed by atoms with Crippen LogP contribution in [-0.4, -0.2) is 58.5 Å². The zero-order valence-electron chi connectivity index (χ0n) is 16.0. The Kier molecular flexibility index (Phi) is 5.79. The maximum atomic E-state index is 12.9. The smallest absolute Gasteiger partial charge is 0.239 e. The Hall–Kier alpha value is -1.40. The van der Waals surface area contributed by atoms with Crippen molar-refractivity contribution in [1.29, 1.82) is 0 Å². The zero-order valence-corrected chi connectivity index (χ0v) is 16.0. The molecule has 6 nitrogen and oxygen atoms in total. The fraction of sp³-hybridized carbons (Fsp3) is 0.789. The van der Waals surface area contributed by atoms with E-state index in [2.05, 4.69) is 29.2 Å². The van der Waals surface area contributed by atoms with Crippen LogP contribution in [0.2, 0.25) is 0 Å². The molecule has 25 heavy (non-hydrogen) atoms. The molecule has 6 heteroatoms. The van der Waals surface area contributed by atoms with Crippen LogP contribution in [-0.2, 0) is 23.0 Å². The third-order valence-electron chi connectivity index (χ3n) is 5.82. The van der Waals surface area contributed by atoms with Crippen LogP contribution in [0, 0.1) is 13.8 Å². The molecule has 0 aromatic carbocycles. The van der Waals surface area contributed by atoms with Gasteiger partial charge in [-0.15, -0.1) is 0 Å². The van der Waals surface area contributed by atoms with E-state index < -0.39 is 0 Å². The molecule has 1 aromatic rings. The van der Waals surface area contributed by atoms with E-state index in [1.54, 1.807) is 0 Å². The average Bonchev–Trinajstić information content (AvgIpc) is 3.20. The average molecular weight is 348 g/mol. The van der Waals surface area contributed by atoms with E-state index in [4.69, 9.17) is 4.74 Å². The highest BCUT2D eigenvalue weighted by Crippen LogP contribution is 2.26. The lowest BCUT2D eigenvalue weighted by atomic mass is 10.0. The SMILES string of the molecule is Cc1nn(C)c(C)c1C[C@@H](C)NC(=O)[C@H]1COCCN1C1CCCC1. The van der Waals surface area contributed by atoms with Gasteiger partial charge in [0.25, 0.3) is 0 Å². The molecule has 0 unspecified atom stereocenters. The first-order valence-corrected chi connectivity index (χ1v) is 9.60. The Morgan fingerprint density at radius 1 is 1.36 bits per heavy atom. The lowest BCUT2D eigenvalue weighted by Crippen LogP contribution is -2.57. The lowest BCUT2D eigenvalue weighted by molar-refractivity contribution is -0.135. The van der Waals surface area contributed by atoms with Crippen molar-refractivity contribution in [3.63, 3.8) is 0 Å². The number of amides is 1. The van der Waals surface area contributed by atoms with Crippen LogP contribution in [0.15, 0.2) is 0 Å². The molecule has 1 aliphatic carbocycles. The quantitative estimate of drug-likeness (QED) is 0.880. The molecule has 2 aliphatic rings. The molecule has 2 heterocycles. The molecule has 140 valence electrons. The Balaban J connectivity index is 1.61. The summed E-state index contributed by atoms with van der Waals surface area (Å²) in [6, 6.07) is 0.495. The Labute approximate surface area is 150 Å².